The van der Waals surface area contributed by atoms with Gasteiger partial charge < -0.3 is 15.5 Å². The summed E-state index contributed by atoms with van der Waals surface area (Å²) in [6, 6.07) is 10.8. The molecule has 1 amide bonds. The highest BCUT2D eigenvalue weighted by molar-refractivity contribution is 5.80. The number of hydrogen-bond donors (Lipinski definition) is 2. The number of benzene rings is 1. The molecule has 1 heterocycles. The van der Waals surface area contributed by atoms with Gasteiger partial charge in [0.05, 0.1) is 0 Å². The van der Waals surface area contributed by atoms with Gasteiger partial charge in [-0.1, -0.05) is 51.1 Å². The number of carbonyl (C=O) groups excluding carboxylic acids is 1. The van der Waals surface area contributed by atoms with Gasteiger partial charge >= 0.3 is 0 Å². The Morgan fingerprint density at radius 1 is 1.32 bits per heavy atom. The molecule has 2 rings (SSSR count). The van der Waals surface area contributed by atoms with Gasteiger partial charge in [-0.05, 0) is 23.8 Å². The SMILES string of the molecule is CCC(=O)N1CCC(NC(=NC)NCC(C)(C)Cc2ccccc2)C1. The molecule has 0 saturated carbocycles. The first-order chi connectivity index (χ1) is 11.9. The molecule has 2 N–H and O–H groups in total. The average molecular weight is 345 g/mol. The van der Waals surface area contributed by atoms with Crippen molar-refractivity contribution in [2.24, 2.45) is 10.4 Å². The van der Waals surface area contributed by atoms with Crippen LogP contribution in [0.5, 0.6) is 0 Å². The predicted molar refractivity (Wildman–Crippen MR) is 104 cm³/mol. The summed E-state index contributed by atoms with van der Waals surface area (Å²) in [5, 5.41) is 6.91. The van der Waals surface area contributed by atoms with E-state index in [0.29, 0.717) is 6.42 Å². The van der Waals surface area contributed by atoms with Crippen molar-refractivity contribution in [1.82, 2.24) is 15.5 Å². The van der Waals surface area contributed by atoms with E-state index in [9.17, 15) is 4.79 Å². The Kier molecular flexibility index (Phi) is 6.85. The van der Waals surface area contributed by atoms with E-state index in [2.05, 4.69) is 59.8 Å². The van der Waals surface area contributed by atoms with Crippen molar-refractivity contribution in [3.8, 4) is 0 Å². The van der Waals surface area contributed by atoms with Crippen LogP contribution in [-0.4, -0.2) is 49.5 Å². The van der Waals surface area contributed by atoms with E-state index in [-0.39, 0.29) is 17.4 Å². The summed E-state index contributed by atoms with van der Waals surface area (Å²) < 4.78 is 0. The van der Waals surface area contributed by atoms with Crippen molar-refractivity contribution in [1.29, 1.82) is 0 Å². The Balaban J connectivity index is 1.81. The molecule has 0 aromatic heterocycles. The lowest BCUT2D eigenvalue weighted by molar-refractivity contribution is -0.129. The number of nitrogens with zero attached hydrogens (tertiary/aromatic N) is 2. The predicted octanol–water partition coefficient (Wildman–Crippen LogP) is 2.43. The summed E-state index contributed by atoms with van der Waals surface area (Å²) in [4.78, 5) is 18.1. The highest BCUT2D eigenvalue weighted by Crippen LogP contribution is 2.20. The number of carbonyl (C=O) groups is 1. The minimum Gasteiger partial charge on any atom is -0.356 e. The Morgan fingerprint density at radius 2 is 2.04 bits per heavy atom. The van der Waals surface area contributed by atoms with E-state index in [4.69, 9.17) is 0 Å². The summed E-state index contributed by atoms with van der Waals surface area (Å²) in [5.74, 6) is 1.05. The molecule has 0 radical (unpaired) electrons. The van der Waals surface area contributed by atoms with Crippen LogP contribution in [0, 0.1) is 5.41 Å². The highest BCUT2D eigenvalue weighted by Gasteiger charge is 2.26. The highest BCUT2D eigenvalue weighted by atomic mass is 16.2. The maximum absolute atomic E-state index is 11.8. The summed E-state index contributed by atoms with van der Waals surface area (Å²) in [7, 11) is 1.80. The molecule has 1 saturated heterocycles. The summed E-state index contributed by atoms with van der Waals surface area (Å²) in [5.41, 5.74) is 1.47. The molecule has 1 aliphatic heterocycles. The van der Waals surface area contributed by atoms with E-state index >= 15 is 0 Å². The lowest BCUT2D eigenvalue weighted by atomic mass is 9.86. The minimum absolute atomic E-state index is 0.124. The van der Waals surface area contributed by atoms with Crippen LogP contribution in [0.25, 0.3) is 0 Å². The van der Waals surface area contributed by atoms with Gasteiger partial charge in [-0.25, -0.2) is 0 Å². The molecule has 25 heavy (non-hydrogen) atoms. The number of nitrogens with one attached hydrogen (secondary N) is 2. The van der Waals surface area contributed by atoms with Crippen molar-refractivity contribution in [3.05, 3.63) is 35.9 Å². The Morgan fingerprint density at radius 3 is 2.68 bits per heavy atom. The van der Waals surface area contributed by atoms with Crippen LogP contribution in [0.3, 0.4) is 0 Å². The number of hydrogen-bond acceptors (Lipinski definition) is 2. The standard InChI is InChI=1S/C20H32N4O/c1-5-18(25)24-12-11-17(14-24)23-19(21-4)22-15-20(2,3)13-16-9-7-6-8-10-16/h6-10,17H,5,11-15H2,1-4H3,(H2,21,22,23). The second kappa shape index (κ2) is 8.88. The third kappa shape index (κ3) is 6.07. The lowest BCUT2D eigenvalue weighted by Crippen LogP contribution is -2.47. The zero-order chi connectivity index (χ0) is 18.3. The second-order valence-electron chi connectivity index (χ2n) is 7.58. The lowest BCUT2D eigenvalue weighted by Gasteiger charge is -2.27. The Labute approximate surface area is 151 Å². The molecule has 0 bridgehead atoms. The molecule has 1 unspecified atom stereocenters. The molecule has 0 aliphatic carbocycles. The van der Waals surface area contributed by atoms with Crippen molar-refractivity contribution in [2.75, 3.05) is 26.7 Å². The van der Waals surface area contributed by atoms with E-state index in [0.717, 1.165) is 38.4 Å². The number of amides is 1. The van der Waals surface area contributed by atoms with Crippen LogP contribution >= 0.6 is 0 Å². The topological polar surface area (TPSA) is 56.7 Å². The molecular formula is C20H32N4O. The van der Waals surface area contributed by atoms with Crippen LogP contribution < -0.4 is 10.6 Å². The third-order valence-corrected chi connectivity index (χ3v) is 4.67. The summed E-state index contributed by atoms with van der Waals surface area (Å²) >= 11 is 0. The van der Waals surface area contributed by atoms with Crippen LogP contribution in [0.15, 0.2) is 35.3 Å². The first kappa shape index (κ1) is 19.3. The van der Waals surface area contributed by atoms with Gasteiger partial charge in [0.1, 0.15) is 0 Å². The minimum atomic E-state index is 0.124. The fourth-order valence-electron chi connectivity index (χ4n) is 3.25. The van der Waals surface area contributed by atoms with E-state index in [1.165, 1.54) is 5.56 Å². The number of aliphatic imine (C=N–C) groups is 1. The summed E-state index contributed by atoms with van der Waals surface area (Å²) in [6.45, 7) is 8.88. The van der Waals surface area contributed by atoms with Crippen molar-refractivity contribution >= 4 is 11.9 Å². The third-order valence-electron chi connectivity index (χ3n) is 4.67. The van der Waals surface area contributed by atoms with Crippen LogP contribution in [0.2, 0.25) is 0 Å². The molecule has 1 aliphatic rings. The van der Waals surface area contributed by atoms with E-state index in [1.54, 1.807) is 7.05 Å². The molecule has 5 heteroatoms. The molecule has 138 valence electrons. The molecule has 1 atom stereocenters. The fraction of sp³-hybridized carbons (Fsp3) is 0.600. The second-order valence-corrected chi connectivity index (χ2v) is 7.58. The molecular weight excluding hydrogens is 312 g/mol. The van der Waals surface area contributed by atoms with Crippen LogP contribution in [0.1, 0.15) is 39.2 Å². The van der Waals surface area contributed by atoms with Crippen molar-refractivity contribution in [3.63, 3.8) is 0 Å². The van der Waals surface area contributed by atoms with Gasteiger partial charge in [0.2, 0.25) is 5.91 Å². The maximum Gasteiger partial charge on any atom is 0.222 e. The first-order valence-corrected chi connectivity index (χ1v) is 9.22. The maximum atomic E-state index is 11.8. The van der Waals surface area contributed by atoms with Gasteiger partial charge in [0.25, 0.3) is 0 Å². The fourth-order valence-corrected chi connectivity index (χ4v) is 3.25. The number of guanidine groups is 1. The smallest absolute Gasteiger partial charge is 0.222 e. The van der Waals surface area contributed by atoms with E-state index in [1.807, 2.05) is 11.8 Å². The van der Waals surface area contributed by atoms with Gasteiger partial charge in [-0.2, -0.15) is 0 Å². The average Bonchev–Trinajstić information content (AvgIpc) is 3.07. The molecule has 0 spiro atoms. The van der Waals surface area contributed by atoms with Crippen molar-refractivity contribution in [2.45, 2.75) is 46.1 Å². The quantitative estimate of drug-likeness (QED) is 0.615. The zero-order valence-electron chi connectivity index (χ0n) is 16.0. The van der Waals surface area contributed by atoms with Crippen molar-refractivity contribution < 1.29 is 4.79 Å². The zero-order valence-corrected chi connectivity index (χ0v) is 16.0. The number of rotatable bonds is 6. The van der Waals surface area contributed by atoms with Gasteiger partial charge in [-0.3, -0.25) is 9.79 Å². The normalized spacial score (nSPS) is 18.3. The first-order valence-electron chi connectivity index (χ1n) is 9.22. The van der Waals surface area contributed by atoms with E-state index < -0.39 is 0 Å². The van der Waals surface area contributed by atoms with Gasteiger partial charge in [0, 0.05) is 39.1 Å². The molecule has 5 nitrogen and oxygen atoms in total. The monoisotopic (exact) mass is 344 g/mol. The molecule has 1 aromatic carbocycles. The van der Waals surface area contributed by atoms with Crippen LogP contribution in [-0.2, 0) is 11.2 Å². The Bertz CT molecular complexity index is 583. The summed E-state index contributed by atoms with van der Waals surface area (Å²) in [6.07, 6.45) is 2.56. The largest absolute Gasteiger partial charge is 0.356 e. The van der Waals surface area contributed by atoms with Gasteiger partial charge in [-0.15, -0.1) is 0 Å². The van der Waals surface area contributed by atoms with Crippen LogP contribution in [0.4, 0.5) is 0 Å². The molecule has 1 aromatic rings. The number of likely N-dealkylation sites (tertiary alicyclic amines) is 1. The molecule has 1 fully saturated rings. The van der Waals surface area contributed by atoms with Gasteiger partial charge in [0.15, 0.2) is 5.96 Å². The Hall–Kier alpha value is -2.04.